The van der Waals surface area contributed by atoms with Crippen LogP contribution in [0.2, 0.25) is 0 Å². The molecule has 1 aliphatic rings. The van der Waals surface area contributed by atoms with Crippen LogP contribution in [0.4, 0.5) is 10.6 Å². The van der Waals surface area contributed by atoms with Crippen molar-refractivity contribution in [3.05, 3.63) is 59.8 Å². The van der Waals surface area contributed by atoms with Gasteiger partial charge in [-0.05, 0) is 45.0 Å². The number of urea groups is 1. The van der Waals surface area contributed by atoms with Crippen LogP contribution < -0.4 is 15.5 Å². The number of nitrogens with zero attached hydrogens (tertiary/aromatic N) is 3. The largest absolute Gasteiger partial charge is 0.356 e. The summed E-state index contributed by atoms with van der Waals surface area (Å²) >= 11 is 0. The molecular formula is C22H31N5O. The van der Waals surface area contributed by atoms with Gasteiger partial charge in [-0.25, -0.2) is 9.78 Å². The first-order valence-electron chi connectivity index (χ1n) is 10.1. The van der Waals surface area contributed by atoms with E-state index in [-0.39, 0.29) is 12.1 Å². The van der Waals surface area contributed by atoms with Gasteiger partial charge in [0.05, 0.1) is 6.04 Å². The number of carbonyl (C=O) groups is 1. The molecule has 28 heavy (non-hydrogen) atoms. The molecule has 0 saturated carbocycles. The van der Waals surface area contributed by atoms with E-state index in [1.165, 1.54) is 24.8 Å². The van der Waals surface area contributed by atoms with Crippen LogP contribution in [0.3, 0.4) is 0 Å². The standard InChI is InChI=1S/C22H31N5O/c1-26(2)20(18-10-5-3-6-11-18)17-25-22(28)24-16-19-12-9-13-23-21(19)27-14-7-4-8-15-27/h3,5-6,9-13,20H,4,7-8,14-17H2,1-2H3,(H2,24,25,28). The first kappa shape index (κ1) is 20.1. The van der Waals surface area contributed by atoms with E-state index >= 15 is 0 Å². The monoisotopic (exact) mass is 381 g/mol. The Kier molecular flexibility index (Phi) is 7.25. The van der Waals surface area contributed by atoms with Crippen LogP contribution in [0.5, 0.6) is 0 Å². The lowest BCUT2D eigenvalue weighted by Gasteiger charge is -2.29. The Hall–Kier alpha value is -2.60. The summed E-state index contributed by atoms with van der Waals surface area (Å²) in [4.78, 5) is 21.4. The van der Waals surface area contributed by atoms with Crippen molar-refractivity contribution >= 4 is 11.8 Å². The number of likely N-dealkylation sites (N-methyl/N-ethyl adjacent to an activating group) is 1. The predicted octanol–water partition coefficient (Wildman–Crippen LogP) is 3.17. The van der Waals surface area contributed by atoms with Crippen molar-refractivity contribution in [3.8, 4) is 0 Å². The number of anilines is 1. The van der Waals surface area contributed by atoms with Crippen LogP contribution in [-0.4, -0.2) is 49.6 Å². The molecule has 2 heterocycles. The summed E-state index contributed by atoms with van der Waals surface area (Å²) in [5.41, 5.74) is 2.25. The summed E-state index contributed by atoms with van der Waals surface area (Å²) in [7, 11) is 4.05. The minimum atomic E-state index is -0.156. The molecule has 1 unspecified atom stereocenters. The molecule has 1 atom stereocenters. The Bertz CT molecular complexity index is 744. The summed E-state index contributed by atoms with van der Waals surface area (Å²) in [5, 5.41) is 6.00. The number of rotatable bonds is 7. The van der Waals surface area contributed by atoms with Crippen molar-refractivity contribution in [2.75, 3.05) is 38.6 Å². The quantitative estimate of drug-likeness (QED) is 0.773. The van der Waals surface area contributed by atoms with E-state index in [0.29, 0.717) is 13.1 Å². The zero-order valence-electron chi connectivity index (χ0n) is 16.9. The molecule has 0 spiro atoms. The summed E-state index contributed by atoms with van der Waals surface area (Å²) < 4.78 is 0. The van der Waals surface area contributed by atoms with Crippen LogP contribution in [0.15, 0.2) is 48.7 Å². The molecule has 1 fully saturated rings. The average molecular weight is 382 g/mol. The Labute approximate surface area is 167 Å². The first-order valence-corrected chi connectivity index (χ1v) is 10.1. The Morgan fingerprint density at radius 3 is 2.54 bits per heavy atom. The lowest BCUT2D eigenvalue weighted by molar-refractivity contribution is 0.232. The van der Waals surface area contributed by atoms with Gasteiger partial charge in [0, 0.05) is 37.9 Å². The molecule has 1 aromatic heterocycles. The normalized spacial score (nSPS) is 15.3. The molecule has 6 heteroatoms. The summed E-state index contributed by atoms with van der Waals surface area (Å²) in [6.07, 6.45) is 5.52. The maximum atomic E-state index is 12.4. The fourth-order valence-corrected chi connectivity index (χ4v) is 3.66. The van der Waals surface area contributed by atoms with E-state index < -0.39 is 0 Å². The summed E-state index contributed by atoms with van der Waals surface area (Å²) in [6, 6.07) is 14.2. The average Bonchev–Trinajstić information content (AvgIpc) is 2.74. The van der Waals surface area contributed by atoms with Gasteiger partial charge in [0.25, 0.3) is 0 Å². The van der Waals surface area contributed by atoms with Crippen molar-refractivity contribution in [2.24, 2.45) is 0 Å². The summed E-state index contributed by atoms with van der Waals surface area (Å²) in [6.45, 7) is 3.11. The van der Waals surface area contributed by atoms with Crippen molar-refractivity contribution in [2.45, 2.75) is 31.8 Å². The molecule has 150 valence electrons. The van der Waals surface area contributed by atoms with E-state index in [1.807, 2.05) is 50.6 Å². The topological polar surface area (TPSA) is 60.5 Å². The van der Waals surface area contributed by atoms with E-state index in [1.54, 1.807) is 0 Å². The van der Waals surface area contributed by atoms with Gasteiger partial charge in [0.2, 0.25) is 0 Å². The van der Waals surface area contributed by atoms with Crippen LogP contribution in [0.1, 0.15) is 36.4 Å². The van der Waals surface area contributed by atoms with Gasteiger partial charge < -0.3 is 20.4 Å². The summed E-state index contributed by atoms with van der Waals surface area (Å²) in [5.74, 6) is 0.998. The lowest BCUT2D eigenvalue weighted by Crippen LogP contribution is -2.40. The SMILES string of the molecule is CN(C)C(CNC(=O)NCc1cccnc1N1CCCCC1)c1ccccc1. The predicted molar refractivity (Wildman–Crippen MR) is 113 cm³/mol. The highest BCUT2D eigenvalue weighted by molar-refractivity contribution is 5.74. The minimum absolute atomic E-state index is 0.134. The molecule has 0 radical (unpaired) electrons. The maximum absolute atomic E-state index is 12.4. The molecule has 1 saturated heterocycles. The number of hydrogen-bond donors (Lipinski definition) is 2. The number of piperidine rings is 1. The molecule has 1 aliphatic heterocycles. The first-order chi connectivity index (χ1) is 13.6. The zero-order valence-corrected chi connectivity index (χ0v) is 16.9. The fourth-order valence-electron chi connectivity index (χ4n) is 3.66. The Morgan fingerprint density at radius 1 is 1.07 bits per heavy atom. The molecule has 3 rings (SSSR count). The molecular weight excluding hydrogens is 350 g/mol. The van der Waals surface area contributed by atoms with Gasteiger partial charge in [0.1, 0.15) is 5.82 Å². The smallest absolute Gasteiger partial charge is 0.315 e. The van der Waals surface area contributed by atoms with Crippen molar-refractivity contribution < 1.29 is 4.79 Å². The van der Waals surface area contributed by atoms with E-state index in [9.17, 15) is 4.79 Å². The van der Waals surface area contributed by atoms with Crippen molar-refractivity contribution in [1.29, 1.82) is 0 Å². The number of benzene rings is 1. The van der Waals surface area contributed by atoms with Gasteiger partial charge >= 0.3 is 6.03 Å². The van der Waals surface area contributed by atoms with Gasteiger partial charge in [-0.1, -0.05) is 36.4 Å². The van der Waals surface area contributed by atoms with Gasteiger partial charge in [-0.2, -0.15) is 0 Å². The fraction of sp³-hybridized carbons (Fsp3) is 0.455. The maximum Gasteiger partial charge on any atom is 0.315 e. The van der Waals surface area contributed by atoms with Gasteiger partial charge in [0.15, 0.2) is 0 Å². The second-order valence-corrected chi connectivity index (χ2v) is 7.49. The third kappa shape index (κ3) is 5.45. The van der Waals surface area contributed by atoms with Crippen molar-refractivity contribution in [1.82, 2.24) is 20.5 Å². The number of pyridine rings is 1. The molecule has 0 aliphatic carbocycles. The molecule has 2 aromatic rings. The lowest BCUT2D eigenvalue weighted by atomic mass is 10.1. The number of nitrogens with one attached hydrogen (secondary N) is 2. The Balaban J connectivity index is 1.54. The molecule has 1 aromatic carbocycles. The second kappa shape index (κ2) is 10.1. The van der Waals surface area contributed by atoms with E-state index in [2.05, 4.69) is 37.6 Å². The number of amides is 2. The highest BCUT2D eigenvalue weighted by Gasteiger charge is 2.17. The highest BCUT2D eigenvalue weighted by Crippen LogP contribution is 2.21. The third-order valence-electron chi connectivity index (χ3n) is 5.23. The Morgan fingerprint density at radius 2 is 1.82 bits per heavy atom. The van der Waals surface area contributed by atoms with Crippen LogP contribution in [0, 0.1) is 0 Å². The number of aromatic nitrogens is 1. The van der Waals surface area contributed by atoms with E-state index in [0.717, 1.165) is 24.5 Å². The molecule has 0 bridgehead atoms. The van der Waals surface area contributed by atoms with Crippen molar-refractivity contribution in [3.63, 3.8) is 0 Å². The van der Waals surface area contributed by atoms with Gasteiger partial charge in [-0.15, -0.1) is 0 Å². The highest BCUT2D eigenvalue weighted by atomic mass is 16.2. The molecule has 6 nitrogen and oxygen atoms in total. The third-order valence-corrected chi connectivity index (χ3v) is 5.23. The molecule has 2 N–H and O–H groups in total. The molecule has 2 amide bonds. The van der Waals surface area contributed by atoms with Gasteiger partial charge in [-0.3, -0.25) is 0 Å². The minimum Gasteiger partial charge on any atom is -0.356 e. The number of carbonyl (C=O) groups excluding carboxylic acids is 1. The van der Waals surface area contributed by atoms with E-state index in [4.69, 9.17) is 0 Å². The number of hydrogen-bond acceptors (Lipinski definition) is 4. The van der Waals surface area contributed by atoms with Crippen LogP contribution in [0.25, 0.3) is 0 Å². The second-order valence-electron chi connectivity index (χ2n) is 7.49. The van der Waals surface area contributed by atoms with Crippen LogP contribution in [-0.2, 0) is 6.54 Å². The zero-order chi connectivity index (χ0) is 19.8. The van der Waals surface area contributed by atoms with Crippen LogP contribution >= 0.6 is 0 Å².